The van der Waals surface area contributed by atoms with Gasteiger partial charge < -0.3 is 15.2 Å². The van der Waals surface area contributed by atoms with Gasteiger partial charge in [-0.1, -0.05) is 0 Å². The first-order valence-corrected chi connectivity index (χ1v) is 7.22. The van der Waals surface area contributed by atoms with E-state index in [0.717, 1.165) is 29.6 Å². The van der Waals surface area contributed by atoms with Gasteiger partial charge in [-0.05, 0) is 20.3 Å². The van der Waals surface area contributed by atoms with Crippen molar-refractivity contribution >= 4 is 17.6 Å². The molecule has 5 nitrogen and oxygen atoms in total. The normalized spacial score (nSPS) is 10.6. The van der Waals surface area contributed by atoms with Crippen LogP contribution in [0.1, 0.15) is 26.1 Å². The van der Waals surface area contributed by atoms with Crippen LogP contribution in [0.5, 0.6) is 0 Å². The lowest BCUT2D eigenvalue weighted by Gasteiger charge is -2.08. The molecule has 2 N–H and O–H groups in total. The van der Waals surface area contributed by atoms with Crippen molar-refractivity contribution in [3.63, 3.8) is 0 Å². The molecule has 0 unspecified atom stereocenters. The Morgan fingerprint density at radius 2 is 2.22 bits per heavy atom. The van der Waals surface area contributed by atoms with Gasteiger partial charge in [-0.2, -0.15) is 0 Å². The van der Waals surface area contributed by atoms with E-state index in [9.17, 15) is 0 Å². The fraction of sp³-hybridized carbons (Fsp3) is 0.667. The summed E-state index contributed by atoms with van der Waals surface area (Å²) >= 11 is 1.63. The average molecular weight is 271 g/mol. The average Bonchev–Trinajstić information content (AvgIpc) is 2.37. The molecule has 102 valence electrons. The number of aromatic nitrogens is 2. The zero-order chi connectivity index (χ0) is 13.2. The van der Waals surface area contributed by atoms with Crippen molar-refractivity contribution < 1.29 is 9.84 Å². The van der Waals surface area contributed by atoms with Gasteiger partial charge in [-0.15, -0.1) is 11.8 Å². The third-order valence-corrected chi connectivity index (χ3v) is 3.09. The fourth-order valence-corrected chi connectivity index (χ4v) is 2.17. The molecule has 0 saturated heterocycles. The Morgan fingerprint density at radius 3 is 2.89 bits per heavy atom. The summed E-state index contributed by atoms with van der Waals surface area (Å²) in [4.78, 5) is 8.81. The van der Waals surface area contributed by atoms with E-state index < -0.39 is 0 Å². The Hall–Kier alpha value is -0.850. The second kappa shape index (κ2) is 9.13. The number of nitrogens with one attached hydrogen (secondary N) is 1. The Kier molecular flexibility index (Phi) is 7.71. The Balaban J connectivity index is 2.70. The second-order valence-electron chi connectivity index (χ2n) is 3.60. The van der Waals surface area contributed by atoms with E-state index in [4.69, 9.17) is 9.84 Å². The topological polar surface area (TPSA) is 67.3 Å². The fourth-order valence-electron chi connectivity index (χ4n) is 1.32. The van der Waals surface area contributed by atoms with Gasteiger partial charge in [0.25, 0.3) is 0 Å². The molecule has 0 amide bonds. The van der Waals surface area contributed by atoms with Crippen LogP contribution in [-0.2, 0) is 11.3 Å². The summed E-state index contributed by atoms with van der Waals surface area (Å²) in [5, 5.41) is 12.9. The van der Waals surface area contributed by atoms with Crippen molar-refractivity contribution in [3.05, 3.63) is 11.9 Å². The Labute approximate surface area is 112 Å². The van der Waals surface area contributed by atoms with E-state index in [1.165, 1.54) is 0 Å². The quantitative estimate of drug-likeness (QED) is 0.406. The molecule has 0 bridgehead atoms. The van der Waals surface area contributed by atoms with E-state index in [-0.39, 0.29) is 6.61 Å². The van der Waals surface area contributed by atoms with Gasteiger partial charge in [0, 0.05) is 31.6 Å². The molecule has 0 aliphatic heterocycles. The number of thioether (sulfide) groups is 1. The van der Waals surface area contributed by atoms with Gasteiger partial charge in [-0.3, -0.25) is 0 Å². The maximum Gasteiger partial charge on any atom is 0.157 e. The molecule has 0 aliphatic carbocycles. The number of hydrogen-bond donors (Lipinski definition) is 2. The largest absolute Gasteiger partial charge is 0.396 e. The first-order valence-electron chi connectivity index (χ1n) is 6.23. The molecular weight excluding hydrogens is 250 g/mol. The number of hydrogen-bond acceptors (Lipinski definition) is 6. The van der Waals surface area contributed by atoms with E-state index in [0.29, 0.717) is 19.0 Å². The lowest BCUT2D eigenvalue weighted by atomic mass is 10.5. The minimum atomic E-state index is 0.212. The lowest BCUT2D eigenvalue weighted by Crippen LogP contribution is -2.06. The molecule has 1 aromatic heterocycles. The number of aliphatic hydroxyl groups excluding tert-OH is 1. The first kappa shape index (κ1) is 15.2. The second-order valence-corrected chi connectivity index (χ2v) is 4.72. The van der Waals surface area contributed by atoms with Crippen LogP contribution in [0.3, 0.4) is 0 Å². The molecule has 0 aromatic carbocycles. The third-order valence-electron chi connectivity index (χ3n) is 2.09. The molecule has 0 aliphatic rings. The Morgan fingerprint density at radius 1 is 1.39 bits per heavy atom. The molecule has 0 spiro atoms. The summed E-state index contributed by atoms with van der Waals surface area (Å²) in [6, 6.07) is 1.93. The smallest absolute Gasteiger partial charge is 0.157 e. The van der Waals surface area contributed by atoms with E-state index >= 15 is 0 Å². The van der Waals surface area contributed by atoms with Gasteiger partial charge in [-0.25, -0.2) is 9.97 Å². The Bertz CT molecular complexity index is 350. The van der Waals surface area contributed by atoms with Gasteiger partial charge in [0.05, 0.1) is 0 Å². The zero-order valence-corrected chi connectivity index (χ0v) is 11.8. The maximum absolute atomic E-state index is 8.78. The van der Waals surface area contributed by atoms with Crippen molar-refractivity contribution in [2.45, 2.75) is 31.9 Å². The van der Waals surface area contributed by atoms with Crippen LogP contribution in [0.2, 0.25) is 0 Å². The van der Waals surface area contributed by atoms with Crippen molar-refractivity contribution in [1.29, 1.82) is 0 Å². The summed E-state index contributed by atoms with van der Waals surface area (Å²) in [6.45, 7) is 6.11. The van der Waals surface area contributed by atoms with Crippen molar-refractivity contribution in [3.8, 4) is 0 Å². The minimum Gasteiger partial charge on any atom is -0.396 e. The SMILES string of the molecule is CCNc1cc(SCCCO)nc(COCC)n1. The molecule has 0 radical (unpaired) electrons. The number of aliphatic hydroxyl groups is 1. The van der Waals surface area contributed by atoms with Crippen LogP contribution in [0, 0.1) is 0 Å². The summed E-state index contributed by atoms with van der Waals surface area (Å²) in [7, 11) is 0. The molecule has 1 heterocycles. The molecule has 0 fully saturated rings. The number of anilines is 1. The first-order chi connectivity index (χ1) is 8.80. The highest BCUT2D eigenvalue weighted by Gasteiger charge is 2.05. The predicted molar refractivity (Wildman–Crippen MR) is 74.0 cm³/mol. The van der Waals surface area contributed by atoms with Crippen LogP contribution < -0.4 is 5.32 Å². The van der Waals surface area contributed by atoms with Crippen LogP contribution in [0.4, 0.5) is 5.82 Å². The summed E-state index contributed by atoms with van der Waals surface area (Å²) in [5.41, 5.74) is 0. The van der Waals surface area contributed by atoms with E-state index in [2.05, 4.69) is 15.3 Å². The van der Waals surface area contributed by atoms with E-state index in [1.807, 2.05) is 19.9 Å². The van der Waals surface area contributed by atoms with Crippen molar-refractivity contribution in [2.75, 3.05) is 30.8 Å². The summed E-state index contributed by atoms with van der Waals surface area (Å²) in [6.07, 6.45) is 0.770. The molecule has 6 heteroatoms. The van der Waals surface area contributed by atoms with Crippen molar-refractivity contribution in [1.82, 2.24) is 9.97 Å². The highest BCUT2D eigenvalue weighted by atomic mass is 32.2. The molecule has 18 heavy (non-hydrogen) atoms. The molecule has 1 aromatic rings. The van der Waals surface area contributed by atoms with Crippen molar-refractivity contribution in [2.24, 2.45) is 0 Å². The van der Waals surface area contributed by atoms with Gasteiger partial charge in [0.1, 0.15) is 17.5 Å². The van der Waals surface area contributed by atoms with Gasteiger partial charge in [0.15, 0.2) is 5.82 Å². The van der Waals surface area contributed by atoms with Gasteiger partial charge in [0.2, 0.25) is 0 Å². The van der Waals surface area contributed by atoms with Crippen LogP contribution in [0.15, 0.2) is 11.1 Å². The highest BCUT2D eigenvalue weighted by molar-refractivity contribution is 7.99. The maximum atomic E-state index is 8.78. The monoisotopic (exact) mass is 271 g/mol. The molecular formula is C12H21N3O2S. The van der Waals surface area contributed by atoms with Gasteiger partial charge >= 0.3 is 0 Å². The number of ether oxygens (including phenoxy) is 1. The molecule has 0 atom stereocenters. The number of nitrogens with zero attached hydrogens (tertiary/aromatic N) is 2. The summed E-state index contributed by atoms with van der Waals surface area (Å²) < 4.78 is 5.33. The minimum absolute atomic E-state index is 0.212. The van der Waals surface area contributed by atoms with Crippen LogP contribution in [0.25, 0.3) is 0 Å². The standard InChI is InChI=1S/C12H21N3O2S/c1-3-13-10-8-12(18-7-5-6-16)15-11(14-10)9-17-4-2/h8,16H,3-7,9H2,1-2H3,(H,13,14,15). The van der Waals surface area contributed by atoms with Crippen LogP contribution >= 0.6 is 11.8 Å². The predicted octanol–water partition coefficient (Wildman–Crippen LogP) is 1.92. The highest BCUT2D eigenvalue weighted by Crippen LogP contribution is 2.19. The zero-order valence-electron chi connectivity index (χ0n) is 11.0. The molecule has 0 saturated carbocycles. The molecule has 1 rings (SSSR count). The summed E-state index contributed by atoms with van der Waals surface area (Å²) in [5.74, 6) is 2.38. The van der Waals surface area contributed by atoms with E-state index in [1.54, 1.807) is 11.8 Å². The van der Waals surface area contributed by atoms with Crippen LogP contribution in [-0.4, -0.2) is 40.6 Å². The third kappa shape index (κ3) is 5.66. The number of rotatable bonds is 9. The lowest BCUT2D eigenvalue weighted by molar-refractivity contribution is 0.128.